The van der Waals surface area contributed by atoms with Crippen molar-refractivity contribution in [1.82, 2.24) is 5.32 Å². The third kappa shape index (κ3) is 3.98. The van der Waals surface area contributed by atoms with E-state index in [4.69, 9.17) is 0 Å². The number of hydrogen-bond donors (Lipinski definition) is 1. The first kappa shape index (κ1) is 15.4. The van der Waals surface area contributed by atoms with Crippen LogP contribution in [0, 0.1) is 29.3 Å². The Labute approximate surface area is 118 Å². The lowest BCUT2D eigenvalue weighted by Gasteiger charge is -2.27. The first-order chi connectivity index (χ1) is 9.60. The molecule has 0 saturated heterocycles. The molecule has 1 fully saturated rings. The molecule has 0 amide bonds. The van der Waals surface area contributed by atoms with Crippen LogP contribution in [0.3, 0.4) is 0 Å². The van der Waals surface area contributed by atoms with E-state index in [9.17, 15) is 13.2 Å². The third-order valence-corrected chi connectivity index (χ3v) is 4.38. The largest absolute Gasteiger partial charge is 0.312 e. The molecule has 2 rings (SSSR count). The Morgan fingerprint density at radius 1 is 0.950 bits per heavy atom. The normalized spacial score (nSPS) is 23.0. The van der Waals surface area contributed by atoms with Crippen LogP contribution in [-0.4, -0.2) is 6.54 Å². The highest BCUT2D eigenvalue weighted by Gasteiger charge is 2.19. The smallest absolute Gasteiger partial charge is 0.161 e. The van der Waals surface area contributed by atoms with Crippen molar-refractivity contribution in [3.63, 3.8) is 0 Å². The van der Waals surface area contributed by atoms with Gasteiger partial charge in [0, 0.05) is 18.2 Å². The molecule has 1 nitrogen and oxygen atoms in total. The Hall–Kier alpha value is -1.03. The van der Waals surface area contributed by atoms with E-state index < -0.39 is 17.5 Å². The lowest BCUT2D eigenvalue weighted by Crippen LogP contribution is -2.26. The van der Waals surface area contributed by atoms with Gasteiger partial charge in [-0.15, -0.1) is 0 Å². The summed E-state index contributed by atoms with van der Waals surface area (Å²) in [5, 5.41) is 3.16. The van der Waals surface area contributed by atoms with Crippen molar-refractivity contribution >= 4 is 0 Å². The minimum atomic E-state index is -1.14. The predicted octanol–water partition coefficient (Wildman–Crippen LogP) is 4.41. The Balaban J connectivity index is 1.78. The molecule has 0 bridgehead atoms. The van der Waals surface area contributed by atoms with E-state index >= 15 is 0 Å². The van der Waals surface area contributed by atoms with E-state index in [1.54, 1.807) is 0 Å². The third-order valence-electron chi connectivity index (χ3n) is 4.38. The molecule has 1 aliphatic carbocycles. The number of hydrogen-bond acceptors (Lipinski definition) is 1. The molecule has 0 radical (unpaired) electrons. The summed E-state index contributed by atoms with van der Waals surface area (Å²) in [4.78, 5) is 0. The molecule has 1 aromatic carbocycles. The van der Waals surface area contributed by atoms with Gasteiger partial charge in [-0.3, -0.25) is 0 Å². The van der Waals surface area contributed by atoms with Crippen molar-refractivity contribution in [2.75, 3.05) is 6.54 Å². The fraction of sp³-hybridized carbons (Fsp3) is 0.625. The second-order valence-corrected chi connectivity index (χ2v) is 5.78. The molecular formula is C16H22F3N. The summed E-state index contributed by atoms with van der Waals surface area (Å²) < 4.78 is 39.3. The van der Waals surface area contributed by atoms with Crippen molar-refractivity contribution in [1.29, 1.82) is 0 Å². The molecule has 0 heterocycles. The Morgan fingerprint density at radius 2 is 1.55 bits per heavy atom. The van der Waals surface area contributed by atoms with Gasteiger partial charge >= 0.3 is 0 Å². The van der Waals surface area contributed by atoms with Crippen LogP contribution in [0.4, 0.5) is 13.2 Å². The van der Waals surface area contributed by atoms with Gasteiger partial charge in [0.15, 0.2) is 11.6 Å². The number of rotatable bonds is 5. The van der Waals surface area contributed by atoms with Crippen LogP contribution in [0.1, 0.15) is 44.6 Å². The van der Waals surface area contributed by atoms with Gasteiger partial charge in [-0.2, -0.15) is 0 Å². The van der Waals surface area contributed by atoms with E-state index in [1.165, 1.54) is 32.1 Å². The first-order valence-corrected chi connectivity index (χ1v) is 7.44. The van der Waals surface area contributed by atoms with Gasteiger partial charge in [-0.05, 0) is 37.3 Å². The van der Waals surface area contributed by atoms with E-state index in [0.29, 0.717) is 12.0 Å². The van der Waals surface area contributed by atoms with Crippen LogP contribution < -0.4 is 5.32 Å². The monoisotopic (exact) mass is 285 g/mol. The van der Waals surface area contributed by atoms with Gasteiger partial charge in [0.05, 0.1) is 0 Å². The Kier molecular flexibility index (Phi) is 5.46. The molecule has 1 aliphatic rings. The van der Waals surface area contributed by atoms with Crippen molar-refractivity contribution in [2.24, 2.45) is 11.8 Å². The lowest BCUT2D eigenvalue weighted by molar-refractivity contribution is 0.262. The SMILES string of the molecule is CCC1CCC(CNCc2cc(F)c(F)cc2F)CC1. The maximum atomic E-state index is 13.4. The van der Waals surface area contributed by atoms with Gasteiger partial charge in [0.1, 0.15) is 5.82 Å². The molecule has 112 valence electrons. The summed E-state index contributed by atoms with van der Waals surface area (Å²) in [6.07, 6.45) is 6.18. The molecule has 0 aliphatic heterocycles. The maximum absolute atomic E-state index is 13.4. The zero-order valence-corrected chi connectivity index (χ0v) is 11.9. The maximum Gasteiger partial charge on any atom is 0.161 e. The minimum absolute atomic E-state index is 0.186. The van der Waals surface area contributed by atoms with Gasteiger partial charge in [-0.1, -0.05) is 26.2 Å². The quantitative estimate of drug-likeness (QED) is 0.790. The zero-order valence-electron chi connectivity index (χ0n) is 11.9. The van der Waals surface area contributed by atoms with Gasteiger partial charge in [0.25, 0.3) is 0 Å². The van der Waals surface area contributed by atoms with E-state index in [2.05, 4.69) is 12.2 Å². The average Bonchev–Trinajstić information content (AvgIpc) is 2.45. The molecule has 20 heavy (non-hydrogen) atoms. The molecule has 0 unspecified atom stereocenters. The zero-order chi connectivity index (χ0) is 14.5. The van der Waals surface area contributed by atoms with Crippen LogP contribution in [-0.2, 0) is 6.54 Å². The van der Waals surface area contributed by atoms with Crippen molar-refractivity contribution in [2.45, 2.75) is 45.6 Å². The van der Waals surface area contributed by atoms with Crippen LogP contribution in [0.5, 0.6) is 0 Å². The van der Waals surface area contributed by atoms with Crippen LogP contribution in [0.25, 0.3) is 0 Å². The molecule has 0 atom stereocenters. The number of nitrogens with one attached hydrogen (secondary N) is 1. The molecule has 1 aromatic rings. The highest BCUT2D eigenvalue weighted by atomic mass is 19.2. The summed E-state index contributed by atoms with van der Waals surface area (Å²) >= 11 is 0. The van der Waals surface area contributed by atoms with Crippen molar-refractivity contribution < 1.29 is 13.2 Å². The highest BCUT2D eigenvalue weighted by Crippen LogP contribution is 2.30. The predicted molar refractivity (Wildman–Crippen MR) is 73.8 cm³/mol. The van der Waals surface area contributed by atoms with Gasteiger partial charge < -0.3 is 5.32 Å². The van der Waals surface area contributed by atoms with E-state index in [-0.39, 0.29) is 12.1 Å². The first-order valence-electron chi connectivity index (χ1n) is 7.44. The Morgan fingerprint density at radius 3 is 2.20 bits per heavy atom. The number of halogens is 3. The van der Waals surface area contributed by atoms with E-state index in [0.717, 1.165) is 18.5 Å². The Bertz CT molecular complexity index is 440. The fourth-order valence-corrected chi connectivity index (χ4v) is 2.95. The van der Waals surface area contributed by atoms with Crippen LogP contribution in [0.2, 0.25) is 0 Å². The van der Waals surface area contributed by atoms with Gasteiger partial charge in [0.2, 0.25) is 0 Å². The van der Waals surface area contributed by atoms with E-state index in [1.807, 2.05) is 0 Å². The molecule has 1 N–H and O–H groups in total. The molecule has 4 heteroatoms. The van der Waals surface area contributed by atoms with Crippen molar-refractivity contribution in [3.05, 3.63) is 35.1 Å². The average molecular weight is 285 g/mol. The summed E-state index contributed by atoms with van der Waals surface area (Å²) in [5.41, 5.74) is 0.186. The molecule has 0 aromatic heterocycles. The second-order valence-electron chi connectivity index (χ2n) is 5.78. The topological polar surface area (TPSA) is 12.0 Å². The number of benzene rings is 1. The molecule has 0 spiro atoms. The summed E-state index contributed by atoms with van der Waals surface area (Å²) in [6.45, 7) is 3.29. The summed E-state index contributed by atoms with van der Waals surface area (Å²) in [7, 11) is 0. The summed E-state index contributed by atoms with van der Waals surface area (Å²) in [6, 6.07) is 1.55. The van der Waals surface area contributed by atoms with Gasteiger partial charge in [-0.25, -0.2) is 13.2 Å². The second kappa shape index (κ2) is 7.11. The van der Waals surface area contributed by atoms with Crippen LogP contribution >= 0.6 is 0 Å². The lowest BCUT2D eigenvalue weighted by atomic mass is 9.81. The fourth-order valence-electron chi connectivity index (χ4n) is 2.95. The summed E-state index contributed by atoms with van der Waals surface area (Å²) in [5.74, 6) is -1.34. The molecular weight excluding hydrogens is 263 g/mol. The minimum Gasteiger partial charge on any atom is -0.312 e. The standard InChI is InChI=1S/C16H22F3N/c1-2-11-3-5-12(6-4-11)9-20-10-13-7-15(18)16(19)8-14(13)17/h7-8,11-12,20H,2-6,9-10H2,1H3. The highest BCUT2D eigenvalue weighted by molar-refractivity contribution is 5.19. The van der Waals surface area contributed by atoms with Crippen molar-refractivity contribution in [3.8, 4) is 0 Å². The van der Waals surface area contributed by atoms with Crippen LogP contribution in [0.15, 0.2) is 12.1 Å². The molecule has 1 saturated carbocycles.